The van der Waals surface area contributed by atoms with Crippen LogP contribution in [0, 0.1) is 6.92 Å². The van der Waals surface area contributed by atoms with Crippen LogP contribution in [0.5, 0.6) is 0 Å². The molecule has 0 aliphatic rings. The molecule has 25 heavy (non-hydrogen) atoms. The molecular formula is C22H24BNO. The van der Waals surface area contributed by atoms with E-state index in [1.165, 1.54) is 11.1 Å². The Hall–Kier alpha value is -2.36. The lowest BCUT2D eigenvalue weighted by Crippen LogP contribution is -2.47. The molecular weight excluding hydrogens is 305 g/mol. The molecule has 0 fully saturated rings. The highest BCUT2D eigenvalue weighted by Gasteiger charge is 2.22. The van der Waals surface area contributed by atoms with Crippen LogP contribution in [0.2, 0.25) is 0 Å². The number of hydrogen-bond acceptors (Lipinski definition) is 2. The second-order valence-corrected chi connectivity index (χ2v) is 6.48. The lowest BCUT2D eigenvalue weighted by Gasteiger charge is -2.19. The van der Waals surface area contributed by atoms with Crippen molar-refractivity contribution in [3.05, 3.63) is 96.1 Å². The Balaban J connectivity index is 1.71. The molecule has 1 atom stereocenters. The average Bonchev–Trinajstić information content (AvgIpc) is 2.65. The maximum Gasteiger partial charge on any atom is 0.361 e. The molecule has 0 saturated heterocycles. The predicted octanol–water partition coefficient (Wildman–Crippen LogP) is 2.69. The highest BCUT2D eigenvalue weighted by Crippen LogP contribution is 2.04. The van der Waals surface area contributed by atoms with Gasteiger partial charge in [-0.05, 0) is 29.8 Å². The first kappa shape index (κ1) is 17.5. The summed E-state index contributed by atoms with van der Waals surface area (Å²) in [5.74, 6) is 0. The highest BCUT2D eigenvalue weighted by atomic mass is 16.4. The van der Waals surface area contributed by atoms with Crippen molar-refractivity contribution < 1.29 is 4.65 Å². The molecule has 1 unspecified atom stereocenters. The van der Waals surface area contributed by atoms with Crippen LogP contribution in [0.3, 0.4) is 0 Å². The molecule has 0 aliphatic carbocycles. The minimum Gasteiger partial charge on any atom is -0.425 e. The maximum atomic E-state index is 6.31. The standard InChI is InChI=1S/C22H24BNO/c1-18-12-14-21(15-13-18)23(20-10-6-3-7-11-20)25-17-22(24)16-19-8-4-2-5-9-19/h2-15,22H,16-17,24H2,1H3. The van der Waals surface area contributed by atoms with E-state index >= 15 is 0 Å². The summed E-state index contributed by atoms with van der Waals surface area (Å²) in [7, 11) is 0. The number of rotatable bonds is 7. The van der Waals surface area contributed by atoms with Gasteiger partial charge in [-0.3, -0.25) is 0 Å². The molecule has 0 bridgehead atoms. The summed E-state index contributed by atoms with van der Waals surface area (Å²) in [4.78, 5) is 0. The minimum absolute atomic E-state index is 0.0286. The summed E-state index contributed by atoms with van der Waals surface area (Å²) >= 11 is 0. The molecule has 3 heteroatoms. The normalized spacial score (nSPS) is 11.9. The van der Waals surface area contributed by atoms with Crippen LogP contribution in [0.4, 0.5) is 0 Å². The molecule has 126 valence electrons. The SMILES string of the molecule is Cc1ccc(B(OCC(N)Cc2ccccc2)c2ccccc2)cc1. The Morgan fingerprint density at radius 3 is 2.00 bits per heavy atom. The van der Waals surface area contributed by atoms with Crippen LogP contribution in [0.15, 0.2) is 84.9 Å². The molecule has 3 aromatic rings. The van der Waals surface area contributed by atoms with Crippen LogP contribution in [0.25, 0.3) is 0 Å². The zero-order valence-corrected chi connectivity index (χ0v) is 14.6. The number of nitrogens with two attached hydrogens (primary N) is 1. The van der Waals surface area contributed by atoms with Crippen molar-refractivity contribution in [1.29, 1.82) is 0 Å². The molecule has 0 aliphatic heterocycles. The maximum absolute atomic E-state index is 6.31. The molecule has 2 nitrogen and oxygen atoms in total. The van der Waals surface area contributed by atoms with Gasteiger partial charge in [0.25, 0.3) is 0 Å². The molecule has 0 heterocycles. The third-order valence-corrected chi connectivity index (χ3v) is 4.30. The third-order valence-electron chi connectivity index (χ3n) is 4.30. The Bertz CT molecular complexity index is 759. The van der Waals surface area contributed by atoms with Gasteiger partial charge in [0.1, 0.15) is 0 Å². The third kappa shape index (κ3) is 5.06. The van der Waals surface area contributed by atoms with Crippen LogP contribution in [-0.4, -0.2) is 19.6 Å². The summed E-state index contributed by atoms with van der Waals surface area (Å²) in [5.41, 5.74) is 11.1. The largest absolute Gasteiger partial charge is 0.425 e. The Kier molecular flexibility index (Phi) is 6.05. The topological polar surface area (TPSA) is 35.2 Å². The molecule has 2 N–H and O–H groups in total. The van der Waals surface area contributed by atoms with Gasteiger partial charge in [0, 0.05) is 12.6 Å². The quantitative estimate of drug-likeness (QED) is 0.677. The van der Waals surface area contributed by atoms with Gasteiger partial charge in [-0.2, -0.15) is 0 Å². The first-order valence-electron chi connectivity index (χ1n) is 8.75. The fraction of sp³-hybridized carbons (Fsp3) is 0.182. The van der Waals surface area contributed by atoms with Gasteiger partial charge >= 0.3 is 6.92 Å². The van der Waals surface area contributed by atoms with E-state index in [1.54, 1.807) is 0 Å². The van der Waals surface area contributed by atoms with Gasteiger partial charge in [-0.25, -0.2) is 0 Å². The first-order valence-corrected chi connectivity index (χ1v) is 8.75. The van der Waals surface area contributed by atoms with Gasteiger partial charge in [-0.15, -0.1) is 0 Å². The summed E-state index contributed by atoms with van der Waals surface area (Å²) in [6, 6.07) is 29.1. The van der Waals surface area contributed by atoms with Gasteiger partial charge in [0.05, 0.1) is 0 Å². The predicted molar refractivity (Wildman–Crippen MR) is 107 cm³/mol. The second kappa shape index (κ2) is 8.66. The number of benzene rings is 3. The summed E-state index contributed by atoms with van der Waals surface area (Å²) in [5, 5.41) is 0. The van der Waals surface area contributed by atoms with Crippen LogP contribution < -0.4 is 16.7 Å². The van der Waals surface area contributed by atoms with Crippen molar-refractivity contribution in [1.82, 2.24) is 0 Å². The average molecular weight is 329 g/mol. The summed E-state index contributed by atoms with van der Waals surface area (Å²) in [6.07, 6.45) is 0.816. The van der Waals surface area contributed by atoms with Crippen LogP contribution >= 0.6 is 0 Å². The monoisotopic (exact) mass is 329 g/mol. The minimum atomic E-state index is -0.0939. The zero-order chi connectivity index (χ0) is 17.5. The molecule has 0 saturated carbocycles. The highest BCUT2D eigenvalue weighted by molar-refractivity contribution is 6.80. The van der Waals surface area contributed by atoms with Crippen LogP contribution in [-0.2, 0) is 11.1 Å². The molecule has 0 amide bonds. The van der Waals surface area contributed by atoms with Gasteiger partial charge in [0.2, 0.25) is 0 Å². The van der Waals surface area contributed by atoms with E-state index in [0.29, 0.717) is 6.61 Å². The molecule has 0 aromatic heterocycles. The lowest BCUT2D eigenvalue weighted by atomic mass is 9.55. The molecule has 3 rings (SSSR count). The Morgan fingerprint density at radius 1 is 0.800 bits per heavy atom. The Morgan fingerprint density at radius 2 is 1.36 bits per heavy atom. The van der Waals surface area contributed by atoms with Gasteiger partial charge in [0.15, 0.2) is 0 Å². The van der Waals surface area contributed by atoms with Crippen molar-refractivity contribution in [2.45, 2.75) is 19.4 Å². The number of aryl methyl sites for hydroxylation is 1. The van der Waals surface area contributed by atoms with E-state index in [4.69, 9.17) is 10.4 Å². The van der Waals surface area contributed by atoms with Crippen molar-refractivity contribution in [2.24, 2.45) is 5.73 Å². The fourth-order valence-electron chi connectivity index (χ4n) is 2.95. The smallest absolute Gasteiger partial charge is 0.361 e. The molecule has 3 aromatic carbocycles. The van der Waals surface area contributed by atoms with E-state index in [1.807, 2.05) is 36.4 Å². The Labute approximate surface area is 150 Å². The van der Waals surface area contributed by atoms with E-state index in [-0.39, 0.29) is 13.0 Å². The van der Waals surface area contributed by atoms with E-state index < -0.39 is 0 Å². The van der Waals surface area contributed by atoms with Crippen molar-refractivity contribution in [2.75, 3.05) is 6.61 Å². The van der Waals surface area contributed by atoms with Crippen LogP contribution in [0.1, 0.15) is 11.1 Å². The fourth-order valence-corrected chi connectivity index (χ4v) is 2.95. The summed E-state index contributed by atoms with van der Waals surface area (Å²) in [6.45, 7) is 2.52. The second-order valence-electron chi connectivity index (χ2n) is 6.48. The molecule has 0 spiro atoms. The first-order chi connectivity index (χ1) is 12.2. The van der Waals surface area contributed by atoms with Gasteiger partial charge in [-0.1, -0.05) is 90.5 Å². The van der Waals surface area contributed by atoms with E-state index in [0.717, 1.165) is 17.3 Å². The zero-order valence-electron chi connectivity index (χ0n) is 14.6. The van der Waals surface area contributed by atoms with E-state index in [9.17, 15) is 0 Å². The van der Waals surface area contributed by atoms with Crippen molar-refractivity contribution in [3.63, 3.8) is 0 Å². The van der Waals surface area contributed by atoms with E-state index in [2.05, 4.69) is 55.5 Å². The summed E-state index contributed by atoms with van der Waals surface area (Å²) < 4.78 is 6.26. The van der Waals surface area contributed by atoms with Crippen molar-refractivity contribution >= 4 is 17.8 Å². The van der Waals surface area contributed by atoms with Gasteiger partial charge < -0.3 is 10.4 Å². The van der Waals surface area contributed by atoms with Crippen molar-refractivity contribution in [3.8, 4) is 0 Å². The lowest BCUT2D eigenvalue weighted by molar-refractivity contribution is 0.300. The number of hydrogen-bond donors (Lipinski definition) is 1. The molecule has 0 radical (unpaired) electrons.